The van der Waals surface area contributed by atoms with Crippen LogP contribution in [0.15, 0.2) is 18.2 Å². The third-order valence-corrected chi connectivity index (χ3v) is 5.11. The van der Waals surface area contributed by atoms with Crippen LogP contribution >= 0.6 is 11.3 Å². The second kappa shape index (κ2) is 8.31. The molecular weight excluding hydrogens is 308 g/mol. The van der Waals surface area contributed by atoms with E-state index >= 15 is 0 Å². The van der Waals surface area contributed by atoms with Crippen molar-refractivity contribution in [3.63, 3.8) is 0 Å². The SMILES string of the molecule is CCCOc1c(CC(CN)c2nc(C)c(C)s2)cccc1OC. The number of hydrogen-bond acceptors (Lipinski definition) is 5. The van der Waals surface area contributed by atoms with Crippen molar-refractivity contribution >= 4 is 11.3 Å². The molecule has 1 atom stereocenters. The van der Waals surface area contributed by atoms with Crippen molar-refractivity contribution in [1.29, 1.82) is 0 Å². The molecule has 5 heteroatoms. The molecule has 4 nitrogen and oxygen atoms in total. The first-order valence-electron chi connectivity index (χ1n) is 8.03. The number of nitrogens with two attached hydrogens (primary N) is 1. The summed E-state index contributed by atoms with van der Waals surface area (Å²) in [7, 11) is 1.67. The van der Waals surface area contributed by atoms with Crippen molar-refractivity contribution < 1.29 is 9.47 Å². The van der Waals surface area contributed by atoms with Crippen molar-refractivity contribution in [3.8, 4) is 11.5 Å². The molecule has 23 heavy (non-hydrogen) atoms. The predicted molar refractivity (Wildman–Crippen MR) is 95.9 cm³/mol. The minimum atomic E-state index is 0.198. The molecule has 0 saturated carbocycles. The van der Waals surface area contributed by atoms with Crippen molar-refractivity contribution in [2.24, 2.45) is 5.73 Å². The minimum absolute atomic E-state index is 0.198. The van der Waals surface area contributed by atoms with Crippen LogP contribution in [-0.4, -0.2) is 25.2 Å². The van der Waals surface area contributed by atoms with Gasteiger partial charge in [-0.3, -0.25) is 0 Å². The zero-order valence-electron chi connectivity index (χ0n) is 14.4. The molecule has 0 aliphatic carbocycles. The normalized spacial score (nSPS) is 12.2. The van der Waals surface area contributed by atoms with Gasteiger partial charge in [0, 0.05) is 17.3 Å². The van der Waals surface area contributed by atoms with Gasteiger partial charge in [0.2, 0.25) is 0 Å². The van der Waals surface area contributed by atoms with Gasteiger partial charge in [-0.25, -0.2) is 4.98 Å². The summed E-state index contributed by atoms with van der Waals surface area (Å²) in [5.74, 6) is 1.81. The smallest absolute Gasteiger partial charge is 0.164 e. The van der Waals surface area contributed by atoms with Crippen LogP contribution in [0.4, 0.5) is 0 Å². The quantitative estimate of drug-likeness (QED) is 0.797. The number of para-hydroxylation sites is 1. The topological polar surface area (TPSA) is 57.4 Å². The first kappa shape index (κ1) is 17.8. The van der Waals surface area contributed by atoms with Gasteiger partial charge < -0.3 is 15.2 Å². The average Bonchev–Trinajstić information content (AvgIpc) is 2.89. The standard InChI is InChI=1S/C18H26N2O2S/c1-5-9-22-17-14(7-6-8-16(17)21-4)10-15(11-19)18-20-12(2)13(3)23-18/h6-8,15H,5,9-11,19H2,1-4H3. The van der Waals surface area contributed by atoms with Gasteiger partial charge in [0.05, 0.1) is 24.4 Å². The Labute approximate surface area is 142 Å². The van der Waals surface area contributed by atoms with Crippen LogP contribution in [0.2, 0.25) is 0 Å². The van der Waals surface area contributed by atoms with Gasteiger partial charge in [-0.05, 0) is 38.3 Å². The predicted octanol–water partition coefficient (Wildman–Crippen LogP) is 3.84. The molecule has 0 saturated heterocycles. The van der Waals surface area contributed by atoms with E-state index in [4.69, 9.17) is 15.2 Å². The summed E-state index contributed by atoms with van der Waals surface area (Å²) in [6.07, 6.45) is 1.77. The van der Waals surface area contributed by atoms with E-state index in [2.05, 4.69) is 24.9 Å². The second-order valence-corrected chi connectivity index (χ2v) is 6.86. The number of methoxy groups -OCH3 is 1. The maximum Gasteiger partial charge on any atom is 0.164 e. The van der Waals surface area contributed by atoms with Gasteiger partial charge >= 0.3 is 0 Å². The lowest BCUT2D eigenvalue weighted by Crippen LogP contribution is -2.15. The molecule has 0 fully saturated rings. The summed E-state index contributed by atoms with van der Waals surface area (Å²) < 4.78 is 11.4. The molecule has 126 valence electrons. The number of rotatable bonds is 8. The molecule has 2 aromatic rings. The van der Waals surface area contributed by atoms with Gasteiger partial charge in [-0.15, -0.1) is 11.3 Å². The number of hydrogen-bond donors (Lipinski definition) is 1. The molecular formula is C18H26N2O2S. The highest BCUT2D eigenvalue weighted by Gasteiger charge is 2.19. The van der Waals surface area contributed by atoms with Crippen molar-refractivity contribution in [1.82, 2.24) is 4.98 Å². The summed E-state index contributed by atoms with van der Waals surface area (Å²) in [6.45, 7) is 7.49. The van der Waals surface area contributed by atoms with E-state index in [0.717, 1.165) is 40.6 Å². The van der Waals surface area contributed by atoms with E-state index in [-0.39, 0.29) is 5.92 Å². The number of ether oxygens (including phenoxy) is 2. The summed E-state index contributed by atoms with van der Waals surface area (Å²) >= 11 is 1.74. The van der Waals surface area contributed by atoms with Crippen LogP contribution in [0.3, 0.4) is 0 Å². The highest BCUT2D eigenvalue weighted by atomic mass is 32.1. The van der Waals surface area contributed by atoms with E-state index in [0.29, 0.717) is 13.2 Å². The largest absolute Gasteiger partial charge is 0.493 e. The van der Waals surface area contributed by atoms with Crippen LogP contribution in [0, 0.1) is 13.8 Å². The third-order valence-electron chi connectivity index (χ3n) is 3.88. The van der Waals surface area contributed by atoms with Crippen LogP contribution in [-0.2, 0) is 6.42 Å². The Bertz CT molecular complexity index is 620. The Morgan fingerprint density at radius 1 is 1.30 bits per heavy atom. The van der Waals surface area contributed by atoms with Crippen LogP contribution < -0.4 is 15.2 Å². The fraction of sp³-hybridized carbons (Fsp3) is 0.500. The fourth-order valence-corrected chi connectivity index (χ4v) is 3.50. The number of nitrogens with zero attached hydrogens (tertiary/aromatic N) is 1. The minimum Gasteiger partial charge on any atom is -0.493 e. The zero-order chi connectivity index (χ0) is 16.8. The van der Waals surface area contributed by atoms with Gasteiger partial charge in [-0.1, -0.05) is 19.1 Å². The molecule has 0 spiro atoms. The lowest BCUT2D eigenvalue weighted by Gasteiger charge is -2.18. The van der Waals surface area contributed by atoms with E-state index in [9.17, 15) is 0 Å². The Morgan fingerprint density at radius 2 is 2.09 bits per heavy atom. The summed E-state index contributed by atoms with van der Waals surface area (Å²) in [4.78, 5) is 5.93. The number of aryl methyl sites for hydroxylation is 2. The Hall–Kier alpha value is -1.59. The Balaban J connectivity index is 2.29. The van der Waals surface area contributed by atoms with E-state index in [1.807, 2.05) is 19.1 Å². The fourth-order valence-electron chi connectivity index (χ4n) is 2.46. The molecule has 0 bridgehead atoms. The van der Waals surface area contributed by atoms with Crippen molar-refractivity contribution in [2.45, 2.75) is 39.5 Å². The van der Waals surface area contributed by atoms with E-state index in [1.165, 1.54) is 4.88 Å². The van der Waals surface area contributed by atoms with Gasteiger partial charge in [-0.2, -0.15) is 0 Å². The van der Waals surface area contributed by atoms with E-state index in [1.54, 1.807) is 18.4 Å². The number of benzene rings is 1. The summed E-state index contributed by atoms with van der Waals surface area (Å²) in [5.41, 5.74) is 8.25. The van der Waals surface area contributed by atoms with E-state index < -0.39 is 0 Å². The van der Waals surface area contributed by atoms with Crippen LogP contribution in [0.25, 0.3) is 0 Å². The van der Waals surface area contributed by atoms with Gasteiger partial charge in [0.15, 0.2) is 11.5 Å². The molecule has 0 amide bonds. The Morgan fingerprint density at radius 3 is 2.65 bits per heavy atom. The van der Waals surface area contributed by atoms with Crippen LogP contribution in [0.1, 0.15) is 40.4 Å². The number of aromatic nitrogens is 1. The van der Waals surface area contributed by atoms with Gasteiger partial charge in [0.25, 0.3) is 0 Å². The molecule has 1 heterocycles. The molecule has 0 radical (unpaired) electrons. The molecule has 2 N–H and O–H groups in total. The maximum atomic E-state index is 6.03. The average molecular weight is 334 g/mol. The van der Waals surface area contributed by atoms with Gasteiger partial charge in [0.1, 0.15) is 0 Å². The maximum absolute atomic E-state index is 6.03. The second-order valence-electron chi connectivity index (χ2n) is 5.63. The highest BCUT2D eigenvalue weighted by Crippen LogP contribution is 2.35. The van der Waals surface area contributed by atoms with Crippen molar-refractivity contribution in [3.05, 3.63) is 39.3 Å². The zero-order valence-corrected chi connectivity index (χ0v) is 15.2. The first-order chi connectivity index (χ1) is 11.1. The molecule has 0 aliphatic rings. The monoisotopic (exact) mass is 334 g/mol. The lowest BCUT2D eigenvalue weighted by atomic mass is 9.99. The van der Waals surface area contributed by atoms with Crippen LogP contribution in [0.5, 0.6) is 11.5 Å². The lowest BCUT2D eigenvalue weighted by molar-refractivity contribution is 0.290. The molecule has 1 aromatic carbocycles. The summed E-state index contributed by atoms with van der Waals surface area (Å²) in [6, 6.07) is 6.02. The molecule has 0 aliphatic heterocycles. The first-order valence-corrected chi connectivity index (χ1v) is 8.85. The molecule has 2 rings (SSSR count). The molecule has 1 aromatic heterocycles. The van der Waals surface area contributed by atoms with Crippen molar-refractivity contribution in [2.75, 3.05) is 20.3 Å². The highest BCUT2D eigenvalue weighted by molar-refractivity contribution is 7.11. The number of thiazole rings is 1. The molecule has 1 unspecified atom stereocenters. The summed E-state index contributed by atoms with van der Waals surface area (Å²) in [5, 5.41) is 1.10. The third kappa shape index (κ3) is 4.24. The Kier molecular flexibility index (Phi) is 6.42.